The van der Waals surface area contributed by atoms with Gasteiger partial charge in [-0.2, -0.15) is 0 Å². The molecular formula is C17H28N2. The second-order valence-electron chi connectivity index (χ2n) is 7.52. The Balaban J connectivity index is 1.23. The molecule has 3 aliphatic carbocycles. The zero-order valence-corrected chi connectivity index (χ0v) is 12.2. The molecule has 106 valence electrons. The highest BCUT2D eigenvalue weighted by Gasteiger charge is 2.39. The van der Waals surface area contributed by atoms with Gasteiger partial charge in [0.15, 0.2) is 0 Å². The van der Waals surface area contributed by atoms with Crippen molar-refractivity contribution in [3.63, 3.8) is 0 Å². The van der Waals surface area contributed by atoms with Crippen LogP contribution in [0.1, 0.15) is 39.0 Å². The van der Waals surface area contributed by atoms with E-state index < -0.39 is 0 Å². The van der Waals surface area contributed by atoms with Crippen molar-refractivity contribution in [1.29, 1.82) is 0 Å². The largest absolute Gasteiger partial charge is 0.314 e. The van der Waals surface area contributed by atoms with Gasteiger partial charge in [-0.1, -0.05) is 12.2 Å². The lowest BCUT2D eigenvalue weighted by Gasteiger charge is -2.27. The van der Waals surface area contributed by atoms with E-state index in [-0.39, 0.29) is 0 Å². The summed E-state index contributed by atoms with van der Waals surface area (Å²) in [5, 5.41) is 3.87. The van der Waals surface area contributed by atoms with Crippen LogP contribution in [0.25, 0.3) is 0 Å². The lowest BCUT2D eigenvalue weighted by atomic mass is 9.87. The highest BCUT2D eigenvalue weighted by molar-refractivity contribution is 5.11. The summed E-state index contributed by atoms with van der Waals surface area (Å²) in [6.07, 6.45) is 12.2. The van der Waals surface area contributed by atoms with Crippen molar-refractivity contribution in [1.82, 2.24) is 10.2 Å². The summed E-state index contributed by atoms with van der Waals surface area (Å²) in [5.74, 6) is 3.63. The zero-order valence-electron chi connectivity index (χ0n) is 12.2. The maximum atomic E-state index is 3.87. The average molecular weight is 260 g/mol. The van der Waals surface area contributed by atoms with Crippen molar-refractivity contribution in [3.05, 3.63) is 12.2 Å². The predicted molar refractivity (Wildman–Crippen MR) is 79.0 cm³/mol. The van der Waals surface area contributed by atoms with Crippen LogP contribution in [0, 0.1) is 23.7 Å². The maximum Gasteiger partial charge on any atom is 0.00965 e. The summed E-state index contributed by atoms with van der Waals surface area (Å²) < 4.78 is 0. The van der Waals surface area contributed by atoms with Gasteiger partial charge in [0, 0.05) is 18.6 Å². The highest BCUT2D eigenvalue weighted by Crippen LogP contribution is 2.44. The molecule has 0 amide bonds. The number of hydrogen-bond acceptors (Lipinski definition) is 2. The normalized spacial score (nSPS) is 43.2. The van der Waals surface area contributed by atoms with Crippen LogP contribution in [0.2, 0.25) is 0 Å². The van der Waals surface area contributed by atoms with E-state index in [1.807, 2.05) is 0 Å². The zero-order chi connectivity index (χ0) is 12.8. The average Bonchev–Trinajstić information content (AvgIpc) is 2.89. The molecule has 2 heteroatoms. The predicted octanol–water partition coefficient (Wildman–Crippen LogP) is 2.66. The third-order valence-electron chi connectivity index (χ3n) is 6.08. The monoisotopic (exact) mass is 260 g/mol. The van der Waals surface area contributed by atoms with Gasteiger partial charge >= 0.3 is 0 Å². The molecule has 4 aliphatic rings. The van der Waals surface area contributed by atoms with Gasteiger partial charge in [0.25, 0.3) is 0 Å². The van der Waals surface area contributed by atoms with Gasteiger partial charge in [0.05, 0.1) is 0 Å². The van der Waals surface area contributed by atoms with E-state index in [0.717, 1.165) is 35.8 Å². The quantitative estimate of drug-likeness (QED) is 0.765. The molecule has 1 N–H and O–H groups in total. The van der Waals surface area contributed by atoms with Crippen LogP contribution in [0.3, 0.4) is 0 Å². The van der Waals surface area contributed by atoms with Gasteiger partial charge in [0.2, 0.25) is 0 Å². The van der Waals surface area contributed by atoms with Gasteiger partial charge < -0.3 is 10.2 Å². The fraction of sp³-hybridized carbons (Fsp3) is 0.882. The van der Waals surface area contributed by atoms with Crippen molar-refractivity contribution in [2.24, 2.45) is 23.7 Å². The first-order valence-electron chi connectivity index (χ1n) is 8.45. The molecule has 2 nitrogen and oxygen atoms in total. The van der Waals surface area contributed by atoms with E-state index in [1.54, 1.807) is 0 Å². The van der Waals surface area contributed by atoms with Crippen LogP contribution in [0.5, 0.6) is 0 Å². The minimum Gasteiger partial charge on any atom is -0.314 e. The third kappa shape index (κ3) is 2.50. The van der Waals surface area contributed by atoms with Crippen LogP contribution in [0.4, 0.5) is 0 Å². The Bertz CT molecular complexity index is 360. The molecular weight excluding hydrogens is 232 g/mol. The van der Waals surface area contributed by atoms with Crippen molar-refractivity contribution in [2.45, 2.75) is 51.1 Å². The fourth-order valence-electron chi connectivity index (χ4n) is 4.70. The van der Waals surface area contributed by atoms with Gasteiger partial charge in [-0.25, -0.2) is 0 Å². The SMILES string of the molecule is CC(NCC1CCN(C2CC2)C1)C1CC2C=CC1C2. The molecule has 5 unspecified atom stereocenters. The van der Waals surface area contributed by atoms with Crippen LogP contribution in [-0.4, -0.2) is 36.6 Å². The molecule has 0 spiro atoms. The van der Waals surface area contributed by atoms with E-state index in [1.165, 1.54) is 51.7 Å². The van der Waals surface area contributed by atoms with Crippen molar-refractivity contribution >= 4 is 0 Å². The number of rotatable bonds is 5. The van der Waals surface area contributed by atoms with Gasteiger partial charge in [-0.15, -0.1) is 0 Å². The van der Waals surface area contributed by atoms with Gasteiger partial charge in [-0.3, -0.25) is 0 Å². The topological polar surface area (TPSA) is 15.3 Å². The van der Waals surface area contributed by atoms with Crippen molar-refractivity contribution in [3.8, 4) is 0 Å². The summed E-state index contributed by atoms with van der Waals surface area (Å²) >= 11 is 0. The van der Waals surface area contributed by atoms with E-state index in [2.05, 4.69) is 29.3 Å². The van der Waals surface area contributed by atoms with Crippen molar-refractivity contribution in [2.75, 3.05) is 19.6 Å². The molecule has 2 saturated carbocycles. The fourth-order valence-corrected chi connectivity index (χ4v) is 4.70. The van der Waals surface area contributed by atoms with Crippen LogP contribution >= 0.6 is 0 Å². The standard InChI is InChI=1S/C17H28N2/c1-12(17-9-13-2-3-15(17)8-13)18-10-14-6-7-19(11-14)16-4-5-16/h2-3,12-18H,4-11H2,1H3. The molecule has 3 fully saturated rings. The first-order valence-corrected chi connectivity index (χ1v) is 8.45. The minimum absolute atomic E-state index is 0.718. The third-order valence-corrected chi connectivity index (χ3v) is 6.08. The number of likely N-dealkylation sites (tertiary alicyclic amines) is 1. The minimum atomic E-state index is 0.718. The van der Waals surface area contributed by atoms with Crippen molar-refractivity contribution < 1.29 is 0 Å². The first-order chi connectivity index (χ1) is 9.29. The Morgan fingerprint density at radius 1 is 1.21 bits per heavy atom. The lowest BCUT2D eigenvalue weighted by molar-refractivity contribution is 0.290. The smallest absolute Gasteiger partial charge is 0.00965 e. The number of fused-ring (bicyclic) bond motifs is 2. The number of nitrogens with zero attached hydrogens (tertiary/aromatic N) is 1. The molecule has 4 rings (SSSR count). The number of nitrogens with one attached hydrogen (secondary N) is 1. The Morgan fingerprint density at radius 2 is 2.11 bits per heavy atom. The van der Waals surface area contributed by atoms with Crippen LogP contribution in [0.15, 0.2) is 12.2 Å². The lowest BCUT2D eigenvalue weighted by Crippen LogP contribution is -2.39. The van der Waals surface area contributed by atoms with E-state index >= 15 is 0 Å². The van der Waals surface area contributed by atoms with Gasteiger partial charge in [-0.05, 0) is 75.8 Å². The summed E-state index contributed by atoms with van der Waals surface area (Å²) in [4.78, 5) is 2.73. The Morgan fingerprint density at radius 3 is 2.79 bits per heavy atom. The van der Waals surface area contributed by atoms with Crippen LogP contribution < -0.4 is 5.32 Å². The second kappa shape index (κ2) is 4.89. The maximum absolute atomic E-state index is 3.87. The van der Waals surface area contributed by atoms with E-state index in [4.69, 9.17) is 0 Å². The molecule has 2 bridgehead atoms. The van der Waals surface area contributed by atoms with Gasteiger partial charge in [0.1, 0.15) is 0 Å². The summed E-state index contributed by atoms with van der Waals surface area (Å²) in [6.45, 7) is 6.40. The summed E-state index contributed by atoms with van der Waals surface area (Å²) in [5.41, 5.74) is 0. The summed E-state index contributed by atoms with van der Waals surface area (Å²) in [6, 6.07) is 1.69. The molecule has 5 atom stereocenters. The Kier molecular flexibility index (Phi) is 3.19. The number of allylic oxidation sites excluding steroid dienone is 2. The second-order valence-corrected chi connectivity index (χ2v) is 7.52. The first kappa shape index (κ1) is 12.4. The Labute approximate surface area is 117 Å². The highest BCUT2D eigenvalue weighted by atomic mass is 15.2. The molecule has 1 heterocycles. The molecule has 0 aromatic heterocycles. The van der Waals surface area contributed by atoms with E-state index in [0.29, 0.717) is 0 Å². The molecule has 0 aromatic rings. The molecule has 1 saturated heterocycles. The number of hydrogen-bond donors (Lipinski definition) is 1. The van der Waals surface area contributed by atoms with Crippen LogP contribution in [-0.2, 0) is 0 Å². The molecule has 0 radical (unpaired) electrons. The molecule has 1 aliphatic heterocycles. The Hall–Kier alpha value is -0.340. The summed E-state index contributed by atoms with van der Waals surface area (Å²) in [7, 11) is 0. The molecule has 19 heavy (non-hydrogen) atoms. The van der Waals surface area contributed by atoms with E-state index in [9.17, 15) is 0 Å². The molecule has 0 aromatic carbocycles.